The fourth-order valence-corrected chi connectivity index (χ4v) is 0.571. The predicted molar refractivity (Wildman–Crippen MR) is 33.4 cm³/mol. The molecule has 2 N–H and O–H groups in total. The molecule has 0 aliphatic carbocycles. The van der Waals surface area contributed by atoms with Gasteiger partial charge < -0.3 is 10.5 Å². The zero-order chi connectivity index (χ0) is 9.19. The molecule has 0 atom stereocenters. The lowest BCUT2D eigenvalue weighted by Crippen LogP contribution is -2.42. The van der Waals surface area contributed by atoms with Crippen molar-refractivity contribution in [2.45, 2.75) is 12.8 Å². The van der Waals surface area contributed by atoms with Gasteiger partial charge in [-0.25, -0.2) is 0 Å². The molecule has 12 heavy (non-hydrogen) atoms. The summed E-state index contributed by atoms with van der Waals surface area (Å²) >= 11 is 0. The Labute approximate surface area is 66.5 Å². The fourth-order valence-electron chi connectivity index (χ4n) is 0.571. The van der Waals surface area contributed by atoms with Crippen LogP contribution in [0.4, 0.5) is 0 Å². The predicted octanol–water partition coefficient (Wildman–Crippen LogP) is -0.478. The standard InChI is InChI=1S/C4H5N5O3/c1-2(10)12-4(3(5)11)6-8-9-7-4/h1H3,(H2,5,11). The SMILES string of the molecule is CC(=O)OC1(C(N)=O)N=NN=N1. The van der Waals surface area contributed by atoms with E-state index in [-0.39, 0.29) is 0 Å². The summed E-state index contributed by atoms with van der Waals surface area (Å²) in [5.74, 6) is -3.86. The molecule has 0 aromatic carbocycles. The van der Waals surface area contributed by atoms with Gasteiger partial charge in [-0.05, 0) is 10.4 Å². The van der Waals surface area contributed by atoms with E-state index < -0.39 is 17.7 Å². The summed E-state index contributed by atoms with van der Waals surface area (Å²) in [5.41, 5.74) is 4.86. The van der Waals surface area contributed by atoms with Crippen molar-refractivity contribution in [3.8, 4) is 0 Å². The largest absolute Gasteiger partial charge is 0.421 e. The second-order valence-electron chi connectivity index (χ2n) is 1.95. The van der Waals surface area contributed by atoms with Crippen molar-refractivity contribution in [1.29, 1.82) is 0 Å². The first-order chi connectivity index (χ1) is 5.57. The minimum atomic E-state index is -2.08. The highest BCUT2D eigenvalue weighted by molar-refractivity contribution is 5.85. The number of amides is 1. The number of primary amides is 1. The molecule has 1 rings (SSSR count). The maximum Gasteiger partial charge on any atom is 0.421 e. The topological polar surface area (TPSA) is 119 Å². The minimum Gasteiger partial charge on any atom is -0.406 e. The van der Waals surface area contributed by atoms with Crippen LogP contribution in [0.3, 0.4) is 0 Å². The van der Waals surface area contributed by atoms with Crippen LogP contribution >= 0.6 is 0 Å². The van der Waals surface area contributed by atoms with E-state index in [9.17, 15) is 9.59 Å². The van der Waals surface area contributed by atoms with Gasteiger partial charge >= 0.3 is 17.7 Å². The van der Waals surface area contributed by atoms with Crippen LogP contribution in [-0.4, -0.2) is 17.7 Å². The molecule has 8 heteroatoms. The fraction of sp³-hybridized carbons (Fsp3) is 0.500. The van der Waals surface area contributed by atoms with Crippen LogP contribution in [-0.2, 0) is 14.3 Å². The molecule has 0 fully saturated rings. The molecule has 0 unspecified atom stereocenters. The van der Waals surface area contributed by atoms with Crippen LogP contribution in [0.15, 0.2) is 20.7 Å². The third-order valence-corrected chi connectivity index (χ3v) is 1.01. The molecule has 1 heterocycles. The van der Waals surface area contributed by atoms with Crippen molar-refractivity contribution >= 4 is 11.9 Å². The van der Waals surface area contributed by atoms with Crippen LogP contribution in [0.2, 0.25) is 0 Å². The first-order valence-electron chi connectivity index (χ1n) is 2.90. The van der Waals surface area contributed by atoms with Crippen molar-refractivity contribution in [1.82, 2.24) is 0 Å². The Kier molecular flexibility index (Phi) is 1.81. The van der Waals surface area contributed by atoms with Crippen LogP contribution in [0.25, 0.3) is 0 Å². The normalized spacial score (nSPS) is 17.8. The van der Waals surface area contributed by atoms with Gasteiger partial charge in [-0.1, -0.05) is 10.2 Å². The quantitative estimate of drug-likeness (QED) is 0.565. The first kappa shape index (κ1) is 8.24. The summed E-state index contributed by atoms with van der Waals surface area (Å²) < 4.78 is 4.43. The maximum atomic E-state index is 10.7. The summed E-state index contributed by atoms with van der Waals surface area (Å²) in [7, 11) is 0. The highest BCUT2D eigenvalue weighted by atomic mass is 16.6. The molecule has 1 aliphatic heterocycles. The Morgan fingerprint density at radius 2 is 1.83 bits per heavy atom. The van der Waals surface area contributed by atoms with Gasteiger partial charge in [0.25, 0.3) is 0 Å². The molecule has 64 valence electrons. The van der Waals surface area contributed by atoms with Gasteiger partial charge in [0.2, 0.25) is 0 Å². The van der Waals surface area contributed by atoms with E-state index in [1.807, 2.05) is 0 Å². The average molecular weight is 171 g/mol. The number of hydrogen-bond donors (Lipinski definition) is 1. The van der Waals surface area contributed by atoms with Gasteiger partial charge in [-0.3, -0.25) is 9.59 Å². The third-order valence-electron chi connectivity index (χ3n) is 1.01. The Bertz CT molecular complexity index is 270. The average Bonchev–Trinajstić information content (AvgIpc) is 2.35. The lowest BCUT2D eigenvalue weighted by molar-refractivity contribution is -0.163. The van der Waals surface area contributed by atoms with E-state index >= 15 is 0 Å². The Balaban J connectivity index is 2.88. The van der Waals surface area contributed by atoms with Crippen molar-refractivity contribution in [3.05, 3.63) is 0 Å². The van der Waals surface area contributed by atoms with E-state index in [0.29, 0.717) is 0 Å². The van der Waals surface area contributed by atoms with Crippen LogP contribution in [0.1, 0.15) is 6.92 Å². The third kappa shape index (κ3) is 1.26. The van der Waals surface area contributed by atoms with Crippen molar-refractivity contribution in [3.63, 3.8) is 0 Å². The molecule has 8 nitrogen and oxygen atoms in total. The minimum absolute atomic E-state index is 0.742. The summed E-state index contributed by atoms with van der Waals surface area (Å²) in [6, 6.07) is 0. The van der Waals surface area contributed by atoms with Crippen molar-refractivity contribution in [2.75, 3.05) is 0 Å². The highest BCUT2D eigenvalue weighted by Crippen LogP contribution is 2.21. The van der Waals surface area contributed by atoms with E-state index in [1.54, 1.807) is 0 Å². The number of carbonyl (C=O) groups excluding carboxylic acids is 2. The highest BCUT2D eigenvalue weighted by Gasteiger charge is 2.44. The molecule has 0 radical (unpaired) electrons. The number of rotatable bonds is 2. The maximum absolute atomic E-state index is 10.7. The second kappa shape index (κ2) is 2.64. The summed E-state index contributed by atoms with van der Waals surface area (Å²) in [5, 5.41) is 12.4. The monoisotopic (exact) mass is 171 g/mol. The van der Waals surface area contributed by atoms with Crippen molar-refractivity contribution < 1.29 is 14.3 Å². The van der Waals surface area contributed by atoms with Gasteiger partial charge in [-0.15, -0.1) is 0 Å². The second-order valence-corrected chi connectivity index (χ2v) is 1.95. The van der Waals surface area contributed by atoms with Crippen LogP contribution in [0, 0.1) is 0 Å². The van der Waals surface area contributed by atoms with E-state index in [4.69, 9.17) is 5.73 Å². The Morgan fingerprint density at radius 1 is 1.33 bits per heavy atom. The van der Waals surface area contributed by atoms with Gasteiger partial charge in [0.05, 0.1) is 0 Å². The smallest absolute Gasteiger partial charge is 0.406 e. The van der Waals surface area contributed by atoms with Gasteiger partial charge in [-0.2, -0.15) is 0 Å². The number of carbonyl (C=O) groups is 2. The Morgan fingerprint density at radius 3 is 2.17 bits per heavy atom. The zero-order valence-electron chi connectivity index (χ0n) is 6.09. The molecular weight excluding hydrogens is 166 g/mol. The molecule has 0 spiro atoms. The van der Waals surface area contributed by atoms with E-state index in [2.05, 4.69) is 25.4 Å². The summed E-state index contributed by atoms with van der Waals surface area (Å²) in [4.78, 5) is 21.2. The molecule has 1 aliphatic rings. The molecule has 0 bridgehead atoms. The Hall–Kier alpha value is -1.86. The van der Waals surface area contributed by atoms with E-state index in [0.717, 1.165) is 6.92 Å². The molecule has 1 amide bonds. The number of nitrogens with two attached hydrogens (primary N) is 1. The molecule has 0 saturated carbocycles. The molecule has 0 aromatic heterocycles. The van der Waals surface area contributed by atoms with Gasteiger partial charge in [0.15, 0.2) is 0 Å². The number of hydrogen-bond acceptors (Lipinski definition) is 7. The molecular formula is C4H5N5O3. The summed E-state index contributed by atoms with van der Waals surface area (Å²) in [6.07, 6.45) is 0. The lowest BCUT2D eigenvalue weighted by atomic mass is 10.4. The lowest BCUT2D eigenvalue weighted by Gasteiger charge is -2.13. The first-order valence-corrected chi connectivity index (χ1v) is 2.90. The number of ether oxygens (including phenoxy) is 1. The number of nitrogens with zero attached hydrogens (tertiary/aromatic N) is 4. The molecule has 0 saturated heterocycles. The summed E-state index contributed by atoms with van der Waals surface area (Å²) in [6.45, 7) is 1.09. The molecule has 0 aromatic rings. The van der Waals surface area contributed by atoms with Crippen LogP contribution < -0.4 is 5.73 Å². The number of esters is 1. The van der Waals surface area contributed by atoms with Crippen molar-refractivity contribution in [2.24, 2.45) is 26.4 Å². The van der Waals surface area contributed by atoms with Crippen LogP contribution in [0.5, 0.6) is 0 Å². The van der Waals surface area contributed by atoms with Gasteiger partial charge in [0, 0.05) is 6.92 Å². The van der Waals surface area contributed by atoms with Gasteiger partial charge in [0.1, 0.15) is 0 Å². The van der Waals surface area contributed by atoms with E-state index in [1.165, 1.54) is 0 Å². The zero-order valence-corrected chi connectivity index (χ0v) is 6.09.